The van der Waals surface area contributed by atoms with Gasteiger partial charge in [-0.3, -0.25) is 9.59 Å². The van der Waals surface area contributed by atoms with E-state index in [0.29, 0.717) is 0 Å². The summed E-state index contributed by atoms with van der Waals surface area (Å²) < 4.78 is 29.5. The van der Waals surface area contributed by atoms with Gasteiger partial charge in [-0.15, -0.1) is 0 Å². The molecule has 1 N–H and O–H groups in total. The zero-order chi connectivity index (χ0) is 25.6. The van der Waals surface area contributed by atoms with E-state index in [9.17, 15) is 18.8 Å². The number of methoxy groups -OCH3 is 1. The third-order valence-electron chi connectivity index (χ3n) is 5.41. The molecule has 0 aliphatic carbocycles. The third kappa shape index (κ3) is 6.52. The maximum atomic E-state index is 13.4. The van der Waals surface area contributed by atoms with Gasteiger partial charge in [0, 0.05) is 18.2 Å². The Kier molecular flexibility index (Phi) is 9.11. The molecule has 0 radical (unpaired) electrons. The molecule has 0 aliphatic rings. The van der Waals surface area contributed by atoms with Crippen LogP contribution in [0, 0.1) is 18.7 Å². The number of nitrogens with zero attached hydrogens (tertiary/aromatic N) is 1. The van der Waals surface area contributed by atoms with E-state index < -0.39 is 35.9 Å². The van der Waals surface area contributed by atoms with Gasteiger partial charge < -0.3 is 19.5 Å². The smallest absolute Gasteiger partial charge is 0.328 e. The molecule has 3 atom stereocenters. The molecule has 1 heterocycles. The molecule has 0 saturated heterocycles. The number of nitrogens with one attached hydrogen (secondary N) is 1. The molecule has 1 amide bonds. The number of hydrogen-bond acceptors (Lipinski definition) is 7. The average molecular weight is 475 g/mol. The summed E-state index contributed by atoms with van der Waals surface area (Å²) in [5, 5.41) is 2.52. The van der Waals surface area contributed by atoms with Crippen molar-refractivity contribution >= 4 is 17.8 Å². The lowest BCUT2D eigenvalue weighted by Gasteiger charge is -2.24. The van der Waals surface area contributed by atoms with E-state index in [1.165, 1.54) is 38.4 Å². The molecular formula is C25H31FN2O6. The molecular weight excluding hydrogens is 443 g/mol. The van der Waals surface area contributed by atoms with Crippen LogP contribution in [0.3, 0.4) is 0 Å². The Hall–Kier alpha value is -3.49. The number of hydrogen-bond donors (Lipinski definition) is 1. The van der Waals surface area contributed by atoms with Crippen LogP contribution in [0.4, 0.5) is 4.39 Å². The van der Waals surface area contributed by atoms with Crippen LogP contribution in [0.2, 0.25) is 0 Å². The predicted octanol–water partition coefficient (Wildman–Crippen LogP) is 3.95. The largest absolute Gasteiger partial charge is 0.493 e. The number of pyridine rings is 1. The summed E-state index contributed by atoms with van der Waals surface area (Å²) in [6.07, 6.45) is 0.798. The van der Waals surface area contributed by atoms with Gasteiger partial charge in [0.05, 0.1) is 13.0 Å². The molecule has 2 aromatic rings. The molecule has 184 valence electrons. The molecule has 8 nitrogen and oxygen atoms in total. The minimum Gasteiger partial charge on any atom is -0.493 e. The Bertz CT molecular complexity index is 1060. The van der Waals surface area contributed by atoms with Crippen LogP contribution in [0.1, 0.15) is 62.2 Å². The monoisotopic (exact) mass is 474 g/mol. The first-order valence-corrected chi connectivity index (χ1v) is 11.0. The number of amides is 1. The lowest BCUT2D eigenvalue weighted by atomic mass is 9.92. The van der Waals surface area contributed by atoms with Crippen LogP contribution < -0.4 is 14.8 Å². The number of esters is 2. The summed E-state index contributed by atoms with van der Waals surface area (Å²) in [7, 11) is 1.37. The molecule has 0 saturated carbocycles. The molecule has 0 bridgehead atoms. The van der Waals surface area contributed by atoms with Crippen LogP contribution in [-0.2, 0) is 14.3 Å². The summed E-state index contributed by atoms with van der Waals surface area (Å²) in [6, 6.07) is 4.89. The van der Waals surface area contributed by atoms with Crippen molar-refractivity contribution in [3.63, 3.8) is 0 Å². The topological polar surface area (TPSA) is 104 Å². The zero-order valence-electron chi connectivity index (χ0n) is 20.5. The summed E-state index contributed by atoms with van der Waals surface area (Å²) in [5.41, 5.74) is 1.41. The van der Waals surface area contributed by atoms with E-state index in [1.54, 1.807) is 33.8 Å². The Morgan fingerprint density at radius 2 is 1.71 bits per heavy atom. The van der Waals surface area contributed by atoms with Gasteiger partial charge in [0.25, 0.3) is 5.91 Å². The first-order valence-electron chi connectivity index (χ1n) is 11.0. The first kappa shape index (κ1) is 26.8. The second kappa shape index (κ2) is 11.6. The Balaban J connectivity index is 2.11. The molecule has 1 aromatic carbocycles. The van der Waals surface area contributed by atoms with E-state index in [0.717, 1.165) is 11.1 Å². The molecule has 0 spiro atoms. The van der Waals surface area contributed by atoms with Gasteiger partial charge in [-0.2, -0.15) is 0 Å². The van der Waals surface area contributed by atoms with Gasteiger partial charge >= 0.3 is 11.9 Å². The van der Waals surface area contributed by atoms with Crippen molar-refractivity contribution < 1.29 is 33.0 Å². The van der Waals surface area contributed by atoms with Gasteiger partial charge in [0.2, 0.25) is 5.75 Å². The van der Waals surface area contributed by atoms with Crippen LogP contribution in [0.15, 0.2) is 30.5 Å². The van der Waals surface area contributed by atoms with Crippen molar-refractivity contribution in [3.05, 3.63) is 53.1 Å². The number of carbonyl (C=O) groups excluding carboxylic acids is 3. The fourth-order valence-corrected chi connectivity index (χ4v) is 3.18. The van der Waals surface area contributed by atoms with Crippen molar-refractivity contribution in [2.45, 2.75) is 59.6 Å². The quantitative estimate of drug-likeness (QED) is 0.549. The SMILES string of the molecule is COc1ccnc(C(=O)N[C@@H](C)C(=O)O[C@@H](C)[C@H](C)c2ccc(F)cc2C)c1OC(=O)C(C)C. The average Bonchev–Trinajstić information content (AvgIpc) is 2.78. The van der Waals surface area contributed by atoms with Crippen molar-refractivity contribution in [2.75, 3.05) is 7.11 Å². The second-order valence-electron chi connectivity index (χ2n) is 8.39. The van der Waals surface area contributed by atoms with Crippen molar-refractivity contribution in [1.29, 1.82) is 0 Å². The number of ether oxygens (including phenoxy) is 3. The lowest BCUT2D eigenvalue weighted by Crippen LogP contribution is -2.41. The van der Waals surface area contributed by atoms with Crippen LogP contribution in [-0.4, -0.2) is 42.1 Å². The van der Waals surface area contributed by atoms with E-state index in [1.807, 2.05) is 6.92 Å². The normalized spacial score (nSPS) is 13.6. The van der Waals surface area contributed by atoms with Crippen molar-refractivity contribution in [2.24, 2.45) is 5.92 Å². The number of rotatable bonds is 9. The number of aryl methyl sites for hydroxylation is 1. The summed E-state index contributed by atoms with van der Waals surface area (Å²) in [5.74, 6) is -2.90. The minimum absolute atomic E-state index is 0.129. The first-order chi connectivity index (χ1) is 16.0. The molecule has 1 aromatic heterocycles. The number of benzene rings is 1. The Morgan fingerprint density at radius 3 is 2.29 bits per heavy atom. The highest BCUT2D eigenvalue weighted by atomic mass is 19.1. The maximum absolute atomic E-state index is 13.4. The Labute approximate surface area is 198 Å². The van der Waals surface area contributed by atoms with Crippen LogP contribution in [0.25, 0.3) is 0 Å². The van der Waals surface area contributed by atoms with Crippen LogP contribution >= 0.6 is 0 Å². The fraction of sp³-hybridized carbons (Fsp3) is 0.440. The highest BCUT2D eigenvalue weighted by Crippen LogP contribution is 2.30. The van der Waals surface area contributed by atoms with Gasteiger partial charge in [-0.25, -0.2) is 14.2 Å². The van der Waals surface area contributed by atoms with Gasteiger partial charge in [-0.05, 0) is 44.0 Å². The molecule has 2 rings (SSSR count). The molecule has 0 unspecified atom stereocenters. The van der Waals surface area contributed by atoms with Gasteiger partial charge in [0.15, 0.2) is 11.4 Å². The van der Waals surface area contributed by atoms with E-state index in [4.69, 9.17) is 14.2 Å². The second-order valence-corrected chi connectivity index (χ2v) is 8.39. The minimum atomic E-state index is -1.02. The van der Waals surface area contributed by atoms with E-state index >= 15 is 0 Å². The summed E-state index contributed by atoms with van der Waals surface area (Å²) in [4.78, 5) is 41.6. The number of halogens is 1. The van der Waals surface area contributed by atoms with Crippen molar-refractivity contribution in [1.82, 2.24) is 10.3 Å². The highest BCUT2D eigenvalue weighted by molar-refractivity contribution is 5.98. The Morgan fingerprint density at radius 1 is 1.03 bits per heavy atom. The van der Waals surface area contributed by atoms with Crippen molar-refractivity contribution in [3.8, 4) is 11.5 Å². The lowest BCUT2D eigenvalue weighted by molar-refractivity contribution is -0.151. The van der Waals surface area contributed by atoms with E-state index in [-0.39, 0.29) is 28.9 Å². The summed E-state index contributed by atoms with van der Waals surface area (Å²) in [6.45, 7) is 10.2. The molecule has 0 fully saturated rings. The van der Waals surface area contributed by atoms with Gasteiger partial charge in [-0.1, -0.05) is 26.8 Å². The molecule has 0 aliphatic heterocycles. The zero-order valence-corrected chi connectivity index (χ0v) is 20.5. The molecule has 9 heteroatoms. The fourth-order valence-electron chi connectivity index (χ4n) is 3.18. The molecule has 34 heavy (non-hydrogen) atoms. The third-order valence-corrected chi connectivity index (χ3v) is 5.41. The number of carbonyl (C=O) groups is 3. The highest BCUT2D eigenvalue weighted by Gasteiger charge is 2.28. The van der Waals surface area contributed by atoms with Crippen LogP contribution in [0.5, 0.6) is 11.5 Å². The number of aromatic nitrogens is 1. The van der Waals surface area contributed by atoms with E-state index in [2.05, 4.69) is 10.3 Å². The summed E-state index contributed by atoms with van der Waals surface area (Å²) >= 11 is 0. The maximum Gasteiger partial charge on any atom is 0.328 e. The predicted molar refractivity (Wildman–Crippen MR) is 123 cm³/mol. The van der Waals surface area contributed by atoms with Gasteiger partial charge in [0.1, 0.15) is 18.0 Å². The standard InChI is InChI=1S/C25H31FN2O6/c1-13(2)24(30)34-22-20(32-7)10-11-27-21(22)23(29)28-16(5)25(31)33-17(6)15(4)19-9-8-18(26)12-14(19)3/h8-13,15-17H,1-7H3,(H,28,29)/t15-,16-,17-/m0/s1.